The summed E-state index contributed by atoms with van der Waals surface area (Å²) in [7, 11) is 0. The van der Waals surface area contributed by atoms with Crippen molar-refractivity contribution in [2.45, 2.75) is 47.0 Å². The molecule has 0 saturated carbocycles. The second-order valence-corrected chi connectivity index (χ2v) is 6.31. The molecule has 0 unspecified atom stereocenters. The van der Waals surface area contributed by atoms with E-state index in [9.17, 15) is 4.79 Å². The Bertz CT molecular complexity index is 188. The Morgan fingerprint density at radius 1 is 1.33 bits per heavy atom. The molecule has 0 rings (SSSR count). The Labute approximate surface area is 97.8 Å². The van der Waals surface area contributed by atoms with Crippen molar-refractivity contribution in [2.75, 3.05) is 11.5 Å². The zero-order valence-corrected chi connectivity index (χ0v) is 11.2. The summed E-state index contributed by atoms with van der Waals surface area (Å²) >= 11 is 1.94. The fraction of sp³-hybridized carbons (Fsp3) is 0.917. The third kappa shape index (κ3) is 7.71. The molecule has 2 nitrogen and oxygen atoms in total. The molecule has 0 heterocycles. The summed E-state index contributed by atoms with van der Waals surface area (Å²) in [6.45, 7) is 8.06. The summed E-state index contributed by atoms with van der Waals surface area (Å²) in [4.78, 5) is 10.8. The Morgan fingerprint density at radius 2 is 1.93 bits per heavy atom. The topological polar surface area (TPSA) is 37.3 Å². The van der Waals surface area contributed by atoms with Crippen LogP contribution in [0.3, 0.4) is 0 Å². The molecule has 90 valence electrons. The Morgan fingerprint density at radius 3 is 2.40 bits per heavy atom. The zero-order valence-electron chi connectivity index (χ0n) is 10.4. The van der Waals surface area contributed by atoms with Crippen molar-refractivity contribution < 1.29 is 9.90 Å². The number of carboxylic acids is 1. The van der Waals surface area contributed by atoms with Crippen LogP contribution in [0.25, 0.3) is 0 Å². The van der Waals surface area contributed by atoms with Crippen LogP contribution in [0.5, 0.6) is 0 Å². The minimum absolute atomic E-state index is 0.557. The first kappa shape index (κ1) is 14.8. The van der Waals surface area contributed by atoms with E-state index in [2.05, 4.69) is 13.8 Å². The second kappa shape index (κ2) is 7.15. The normalized spacial score (nSPS) is 12.1. The lowest BCUT2D eigenvalue weighted by Crippen LogP contribution is -2.23. The summed E-state index contributed by atoms with van der Waals surface area (Å²) in [5, 5.41) is 8.91. The van der Waals surface area contributed by atoms with E-state index in [0.717, 1.165) is 24.5 Å². The molecule has 0 aliphatic carbocycles. The maximum absolute atomic E-state index is 10.8. The van der Waals surface area contributed by atoms with Crippen LogP contribution in [0.2, 0.25) is 0 Å². The van der Waals surface area contributed by atoms with Gasteiger partial charge in [0, 0.05) is 0 Å². The number of rotatable bonds is 8. The van der Waals surface area contributed by atoms with Gasteiger partial charge in [0.05, 0.1) is 5.41 Å². The van der Waals surface area contributed by atoms with E-state index >= 15 is 0 Å². The molecular weight excluding hydrogens is 208 g/mol. The maximum atomic E-state index is 10.8. The molecular formula is C12H24O2S. The number of carboxylic acid groups (broad SMARTS) is 1. The Kier molecular flexibility index (Phi) is 7.07. The van der Waals surface area contributed by atoms with Crippen LogP contribution in [-0.4, -0.2) is 22.6 Å². The van der Waals surface area contributed by atoms with E-state index in [0.29, 0.717) is 0 Å². The van der Waals surface area contributed by atoms with Crippen molar-refractivity contribution in [3.63, 3.8) is 0 Å². The van der Waals surface area contributed by atoms with Crippen molar-refractivity contribution in [1.29, 1.82) is 0 Å². The van der Waals surface area contributed by atoms with Gasteiger partial charge in [-0.15, -0.1) is 0 Å². The molecule has 3 heteroatoms. The van der Waals surface area contributed by atoms with Gasteiger partial charge >= 0.3 is 5.97 Å². The molecule has 0 amide bonds. The van der Waals surface area contributed by atoms with E-state index in [-0.39, 0.29) is 0 Å². The lowest BCUT2D eigenvalue weighted by atomic mass is 9.88. The average Bonchev–Trinajstić information content (AvgIpc) is 2.10. The van der Waals surface area contributed by atoms with Crippen LogP contribution >= 0.6 is 11.8 Å². The molecule has 0 aliphatic heterocycles. The molecule has 0 aromatic carbocycles. The summed E-state index contributed by atoms with van der Waals surface area (Å²) in [5.41, 5.74) is -0.557. The van der Waals surface area contributed by atoms with Gasteiger partial charge in [-0.1, -0.05) is 13.8 Å². The van der Waals surface area contributed by atoms with Gasteiger partial charge in [0.25, 0.3) is 0 Å². The molecule has 0 atom stereocenters. The molecule has 0 spiro atoms. The third-order valence-electron chi connectivity index (χ3n) is 2.51. The molecule has 0 aromatic heterocycles. The summed E-state index contributed by atoms with van der Waals surface area (Å²) in [6.07, 6.45) is 3.03. The molecule has 0 fully saturated rings. The Balaban J connectivity index is 3.43. The standard InChI is InChI=1S/C12H24O2S/c1-10(2)6-9-15-8-5-7-12(3,4)11(13)14/h10H,5-9H2,1-4H3,(H,13,14). The highest BCUT2D eigenvalue weighted by molar-refractivity contribution is 7.99. The van der Waals surface area contributed by atoms with Gasteiger partial charge in [-0.3, -0.25) is 4.79 Å². The van der Waals surface area contributed by atoms with Crippen molar-refractivity contribution in [2.24, 2.45) is 11.3 Å². The lowest BCUT2D eigenvalue weighted by molar-refractivity contribution is -0.147. The van der Waals surface area contributed by atoms with Gasteiger partial charge in [0.1, 0.15) is 0 Å². The Hall–Kier alpha value is -0.180. The lowest BCUT2D eigenvalue weighted by Gasteiger charge is -2.18. The van der Waals surface area contributed by atoms with Crippen molar-refractivity contribution >= 4 is 17.7 Å². The number of hydrogen-bond donors (Lipinski definition) is 1. The fourth-order valence-corrected chi connectivity index (χ4v) is 2.33. The first-order chi connectivity index (χ1) is 6.86. The van der Waals surface area contributed by atoms with E-state index < -0.39 is 11.4 Å². The van der Waals surface area contributed by atoms with Gasteiger partial charge in [-0.2, -0.15) is 11.8 Å². The minimum atomic E-state index is -0.685. The third-order valence-corrected chi connectivity index (χ3v) is 3.61. The summed E-state index contributed by atoms with van der Waals surface area (Å²) < 4.78 is 0. The quantitative estimate of drug-likeness (QED) is 0.649. The van der Waals surface area contributed by atoms with E-state index in [1.165, 1.54) is 12.2 Å². The van der Waals surface area contributed by atoms with Crippen LogP contribution in [0.15, 0.2) is 0 Å². The SMILES string of the molecule is CC(C)CCSCCCC(C)(C)C(=O)O. The van der Waals surface area contributed by atoms with Crippen LogP contribution < -0.4 is 0 Å². The number of thioether (sulfide) groups is 1. The second-order valence-electron chi connectivity index (χ2n) is 5.09. The van der Waals surface area contributed by atoms with Crippen LogP contribution in [-0.2, 0) is 4.79 Å². The van der Waals surface area contributed by atoms with Gasteiger partial charge < -0.3 is 5.11 Å². The van der Waals surface area contributed by atoms with Crippen molar-refractivity contribution in [1.82, 2.24) is 0 Å². The van der Waals surface area contributed by atoms with Crippen LogP contribution in [0.1, 0.15) is 47.0 Å². The van der Waals surface area contributed by atoms with E-state index in [1.807, 2.05) is 11.8 Å². The smallest absolute Gasteiger partial charge is 0.309 e. The number of hydrogen-bond acceptors (Lipinski definition) is 2. The first-order valence-corrected chi connectivity index (χ1v) is 6.83. The zero-order chi connectivity index (χ0) is 11.9. The highest BCUT2D eigenvalue weighted by Crippen LogP contribution is 2.23. The number of carbonyl (C=O) groups is 1. The highest BCUT2D eigenvalue weighted by atomic mass is 32.2. The monoisotopic (exact) mass is 232 g/mol. The summed E-state index contributed by atoms with van der Waals surface area (Å²) in [5.74, 6) is 2.37. The number of aliphatic carboxylic acids is 1. The molecule has 0 bridgehead atoms. The summed E-state index contributed by atoms with van der Waals surface area (Å²) in [6, 6.07) is 0. The minimum Gasteiger partial charge on any atom is -0.481 e. The predicted octanol–water partition coefficient (Wildman–Crippen LogP) is 3.66. The van der Waals surface area contributed by atoms with Gasteiger partial charge in [-0.05, 0) is 50.5 Å². The molecule has 0 aromatic rings. The average molecular weight is 232 g/mol. The van der Waals surface area contributed by atoms with Crippen LogP contribution in [0.4, 0.5) is 0 Å². The molecule has 1 N–H and O–H groups in total. The largest absolute Gasteiger partial charge is 0.481 e. The van der Waals surface area contributed by atoms with Gasteiger partial charge in [-0.25, -0.2) is 0 Å². The predicted molar refractivity (Wildman–Crippen MR) is 67.4 cm³/mol. The van der Waals surface area contributed by atoms with E-state index in [4.69, 9.17) is 5.11 Å². The molecule has 0 saturated heterocycles. The highest BCUT2D eigenvalue weighted by Gasteiger charge is 2.25. The van der Waals surface area contributed by atoms with Crippen LogP contribution in [0, 0.1) is 11.3 Å². The maximum Gasteiger partial charge on any atom is 0.309 e. The van der Waals surface area contributed by atoms with Crippen molar-refractivity contribution in [3.05, 3.63) is 0 Å². The van der Waals surface area contributed by atoms with E-state index in [1.54, 1.807) is 13.8 Å². The molecule has 15 heavy (non-hydrogen) atoms. The van der Waals surface area contributed by atoms with Crippen molar-refractivity contribution in [3.8, 4) is 0 Å². The fourth-order valence-electron chi connectivity index (χ4n) is 1.14. The van der Waals surface area contributed by atoms with Gasteiger partial charge in [0.2, 0.25) is 0 Å². The van der Waals surface area contributed by atoms with Gasteiger partial charge in [0.15, 0.2) is 0 Å². The molecule has 0 aliphatic rings. The molecule has 0 radical (unpaired) electrons. The first-order valence-electron chi connectivity index (χ1n) is 5.67.